The van der Waals surface area contributed by atoms with Crippen molar-refractivity contribution < 1.29 is 9.90 Å². The number of hydrogen-bond acceptors (Lipinski definition) is 4. The Kier molecular flexibility index (Phi) is 6.61. The first-order chi connectivity index (χ1) is 13.1. The number of nitrogens with one attached hydrogen (secondary N) is 1. The van der Waals surface area contributed by atoms with Crippen molar-refractivity contribution in [2.75, 3.05) is 5.75 Å². The van der Waals surface area contributed by atoms with E-state index in [0.29, 0.717) is 21.4 Å². The average molecular weight is 419 g/mol. The topological polar surface area (TPSA) is 61.7 Å². The highest BCUT2D eigenvalue weighted by Gasteiger charge is 2.08. The lowest BCUT2D eigenvalue weighted by molar-refractivity contribution is -0.118. The van der Waals surface area contributed by atoms with Crippen molar-refractivity contribution in [3.05, 3.63) is 75.8 Å². The smallest absolute Gasteiger partial charge is 0.250 e. The minimum Gasteiger partial charge on any atom is -0.507 e. The second-order valence-corrected chi connectivity index (χ2v) is 7.51. The molecule has 0 fully saturated rings. The summed E-state index contributed by atoms with van der Waals surface area (Å²) in [6.45, 7) is 0. The van der Waals surface area contributed by atoms with E-state index in [2.05, 4.69) is 10.5 Å². The Morgan fingerprint density at radius 2 is 1.81 bits per heavy atom. The summed E-state index contributed by atoms with van der Waals surface area (Å²) in [6, 6.07) is 16.4. The molecule has 4 nitrogen and oxygen atoms in total. The van der Waals surface area contributed by atoms with Gasteiger partial charge in [0.2, 0.25) is 5.91 Å². The quantitative estimate of drug-likeness (QED) is 0.425. The van der Waals surface area contributed by atoms with Gasteiger partial charge in [-0.3, -0.25) is 4.79 Å². The van der Waals surface area contributed by atoms with Gasteiger partial charge in [-0.05, 0) is 34.5 Å². The first-order valence-electron chi connectivity index (χ1n) is 8.09. The predicted octanol–water partition coefficient (Wildman–Crippen LogP) is 5.24. The Morgan fingerprint density at radius 1 is 1.07 bits per heavy atom. The van der Waals surface area contributed by atoms with Gasteiger partial charge in [-0.2, -0.15) is 5.10 Å². The van der Waals surface area contributed by atoms with Gasteiger partial charge in [0.1, 0.15) is 5.75 Å². The molecule has 3 aromatic carbocycles. The Bertz CT molecular complexity index is 988. The zero-order valence-corrected chi connectivity index (χ0v) is 16.5. The number of aromatic hydroxyl groups is 1. The van der Waals surface area contributed by atoms with E-state index in [1.165, 1.54) is 18.0 Å². The van der Waals surface area contributed by atoms with E-state index < -0.39 is 0 Å². The van der Waals surface area contributed by atoms with E-state index >= 15 is 0 Å². The normalized spacial score (nSPS) is 11.2. The standard InChI is InChI=1S/C20H16Cl2N2O2S/c21-17-6-3-7-18(22)16(17)11-27-12-20(26)24-23-10-15-14-5-2-1-4-13(14)8-9-19(15)25/h1-10,25H,11-12H2,(H,24,26)/b23-10-. The molecule has 0 heterocycles. The molecule has 0 unspecified atom stereocenters. The molecule has 0 spiro atoms. The number of phenols is 1. The lowest BCUT2D eigenvalue weighted by Crippen LogP contribution is -2.19. The lowest BCUT2D eigenvalue weighted by atomic mass is 10.0. The summed E-state index contributed by atoms with van der Waals surface area (Å²) in [5, 5.41) is 17.0. The summed E-state index contributed by atoms with van der Waals surface area (Å²) >= 11 is 13.6. The molecule has 1 amide bonds. The average Bonchev–Trinajstić information content (AvgIpc) is 2.66. The van der Waals surface area contributed by atoms with Crippen LogP contribution in [0.4, 0.5) is 0 Å². The van der Waals surface area contributed by atoms with Crippen LogP contribution in [0.25, 0.3) is 10.8 Å². The molecule has 0 radical (unpaired) electrons. The van der Waals surface area contributed by atoms with E-state index in [1.807, 2.05) is 30.3 Å². The molecule has 0 aliphatic rings. The lowest BCUT2D eigenvalue weighted by Gasteiger charge is -2.06. The molecule has 138 valence electrons. The monoisotopic (exact) mass is 418 g/mol. The van der Waals surface area contributed by atoms with Crippen molar-refractivity contribution in [3.8, 4) is 5.75 Å². The molecular weight excluding hydrogens is 403 g/mol. The number of phenolic OH excluding ortho intramolecular Hbond substituents is 1. The number of nitrogens with zero attached hydrogens (tertiary/aromatic N) is 1. The van der Waals surface area contributed by atoms with Crippen molar-refractivity contribution in [2.45, 2.75) is 5.75 Å². The number of hydrogen-bond donors (Lipinski definition) is 2. The van der Waals surface area contributed by atoms with Gasteiger partial charge >= 0.3 is 0 Å². The number of amides is 1. The molecule has 3 aromatic rings. The summed E-state index contributed by atoms with van der Waals surface area (Å²) in [4.78, 5) is 12.0. The summed E-state index contributed by atoms with van der Waals surface area (Å²) in [6.07, 6.45) is 1.45. The maximum Gasteiger partial charge on any atom is 0.250 e. The zero-order valence-electron chi connectivity index (χ0n) is 14.2. The van der Waals surface area contributed by atoms with Crippen LogP contribution in [0.5, 0.6) is 5.75 Å². The Balaban J connectivity index is 1.57. The maximum atomic E-state index is 12.0. The van der Waals surface area contributed by atoms with E-state index in [1.54, 1.807) is 24.3 Å². The Morgan fingerprint density at radius 3 is 2.59 bits per heavy atom. The maximum absolute atomic E-state index is 12.0. The second-order valence-electron chi connectivity index (χ2n) is 5.71. The molecule has 0 aromatic heterocycles. The van der Waals surface area contributed by atoms with Crippen LogP contribution in [0.2, 0.25) is 10.0 Å². The SMILES string of the molecule is O=C(CSCc1c(Cl)cccc1Cl)N/N=C\c1c(O)ccc2ccccc12. The van der Waals surface area contributed by atoms with E-state index in [0.717, 1.165) is 16.3 Å². The van der Waals surface area contributed by atoms with Crippen LogP contribution in [-0.4, -0.2) is 23.0 Å². The summed E-state index contributed by atoms with van der Waals surface area (Å²) in [5.74, 6) is 0.591. The third-order valence-electron chi connectivity index (χ3n) is 3.87. The van der Waals surface area contributed by atoms with Crippen molar-refractivity contribution in [1.82, 2.24) is 5.43 Å². The van der Waals surface area contributed by atoms with E-state index in [4.69, 9.17) is 23.2 Å². The fourth-order valence-electron chi connectivity index (χ4n) is 2.54. The van der Waals surface area contributed by atoms with Crippen LogP contribution >= 0.6 is 35.0 Å². The zero-order chi connectivity index (χ0) is 19.2. The van der Waals surface area contributed by atoms with Gasteiger partial charge in [-0.1, -0.05) is 59.6 Å². The van der Waals surface area contributed by atoms with Gasteiger partial charge in [0.15, 0.2) is 0 Å². The van der Waals surface area contributed by atoms with Gasteiger partial charge in [0.25, 0.3) is 0 Å². The van der Waals surface area contributed by atoms with Crippen LogP contribution in [0.1, 0.15) is 11.1 Å². The third-order valence-corrected chi connectivity index (χ3v) is 5.54. The van der Waals surface area contributed by atoms with Gasteiger partial charge in [-0.25, -0.2) is 5.43 Å². The van der Waals surface area contributed by atoms with Crippen molar-refractivity contribution in [1.29, 1.82) is 0 Å². The Labute approximate surface area is 171 Å². The van der Waals surface area contributed by atoms with Gasteiger partial charge in [0, 0.05) is 21.4 Å². The molecule has 27 heavy (non-hydrogen) atoms. The van der Waals surface area contributed by atoms with Gasteiger partial charge in [0.05, 0.1) is 12.0 Å². The van der Waals surface area contributed by atoms with Gasteiger partial charge in [-0.15, -0.1) is 11.8 Å². The number of halogens is 2. The molecular formula is C20H16Cl2N2O2S. The number of hydrazone groups is 1. The molecule has 0 saturated carbocycles. The summed E-state index contributed by atoms with van der Waals surface area (Å²) in [7, 11) is 0. The number of benzene rings is 3. The molecule has 0 atom stereocenters. The highest BCUT2D eigenvalue weighted by Crippen LogP contribution is 2.28. The number of carbonyl (C=O) groups excluding carboxylic acids is 1. The van der Waals surface area contributed by atoms with Crippen molar-refractivity contribution in [3.63, 3.8) is 0 Å². The molecule has 0 aliphatic carbocycles. The second kappa shape index (κ2) is 9.13. The van der Waals surface area contributed by atoms with Crippen LogP contribution in [-0.2, 0) is 10.5 Å². The molecule has 0 saturated heterocycles. The van der Waals surface area contributed by atoms with E-state index in [9.17, 15) is 9.90 Å². The fourth-order valence-corrected chi connectivity index (χ4v) is 4.09. The molecule has 7 heteroatoms. The molecule has 0 aliphatic heterocycles. The predicted molar refractivity (Wildman–Crippen MR) is 114 cm³/mol. The number of rotatable bonds is 6. The highest BCUT2D eigenvalue weighted by molar-refractivity contribution is 7.99. The first-order valence-corrected chi connectivity index (χ1v) is 10.0. The molecule has 3 rings (SSSR count). The summed E-state index contributed by atoms with van der Waals surface area (Å²) < 4.78 is 0. The molecule has 2 N–H and O–H groups in total. The Hall–Kier alpha value is -2.21. The fraction of sp³-hybridized carbons (Fsp3) is 0.100. The van der Waals surface area contributed by atoms with Crippen LogP contribution < -0.4 is 5.43 Å². The van der Waals surface area contributed by atoms with Crippen LogP contribution in [0, 0.1) is 0 Å². The van der Waals surface area contributed by atoms with Crippen molar-refractivity contribution in [2.24, 2.45) is 5.10 Å². The number of fused-ring (bicyclic) bond motifs is 1. The van der Waals surface area contributed by atoms with Gasteiger partial charge < -0.3 is 5.11 Å². The highest BCUT2D eigenvalue weighted by atomic mass is 35.5. The number of carbonyl (C=O) groups is 1. The molecule has 0 bridgehead atoms. The minimum atomic E-state index is -0.251. The third kappa shape index (κ3) is 4.95. The largest absolute Gasteiger partial charge is 0.507 e. The van der Waals surface area contributed by atoms with Crippen LogP contribution in [0.15, 0.2) is 59.7 Å². The summed E-state index contributed by atoms with van der Waals surface area (Å²) in [5.41, 5.74) is 3.84. The van der Waals surface area contributed by atoms with E-state index in [-0.39, 0.29) is 17.4 Å². The number of thioether (sulfide) groups is 1. The minimum absolute atomic E-state index is 0.106. The van der Waals surface area contributed by atoms with Crippen LogP contribution in [0.3, 0.4) is 0 Å². The van der Waals surface area contributed by atoms with Crippen molar-refractivity contribution >= 4 is 57.9 Å². The first kappa shape index (κ1) is 19.5.